The Balaban J connectivity index is 1.85. The van der Waals surface area contributed by atoms with E-state index in [0.29, 0.717) is 25.5 Å². The van der Waals surface area contributed by atoms with E-state index in [1.807, 2.05) is 17.0 Å². The topological polar surface area (TPSA) is 70.7 Å². The molecule has 5 heteroatoms. The molecule has 0 aromatic heterocycles. The molecule has 0 atom stereocenters. The normalized spacial score (nSPS) is 15.6. The molecule has 1 aliphatic rings. The van der Waals surface area contributed by atoms with Crippen molar-refractivity contribution in [2.45, 2.75) is 39.3 Å². The van der Waals surface area contributed by atoms with Gasteiger partial charge in [-0.05, 0) is 24.0 Å². The van der Waals surface area contributed by atoms with E-state index in [0.717, 1.165) is 37.1 Å². The number of nitrogens with two attached hydrogens (primary N) is 1. The van der Waals surface area contributed by atoms with Gasteiger partial charge in [-0.2, -0.15) is 0 Å². The van der Waals surface area contributed by atoms with Crippen molar-refractivity contribution in [3.63, 3.8) is 0 Å². The molecular weight excluding hydrogens is 264 g/mol. The fourth-order valence-electron chi connectivity index (χ4n) is 2.33. The number of amides is 1. The molecule has 1 aromatic rings. The second kappa shape index (κ2) is 7.67. The molecule has 3 N–H and O–H groups in total. The Hall–Kier alpha value is -2.04. The highest BCUT2D eigenvalue weighted by Gasteiger charge is 2.19. The highest BCUT2D eigenvalue weighted by molar-refractivity contribution is 5.78. The highest BCUT2D eigenvalue weighted by atomic mass is 16.2. The molecule has 114 valence electrons. The van der Waals surface area contributed by atoms with Crippen LogP contribution in [0.3, 0.4) is 0 Å². The Labute approximate surface area is 126 Å². The van der Waals surface area contributed by atoms with Crippen molar-refractivity contribution >= 4 is 11.9 Å². The predicted molar refractivity (Wildman–Crippen MR) is 84.7 cm³/mol. The minimum Gasteiger partial charge on any atom is -0.370 e. The first-order chi connectivity index (χ1) is 10.2. The molecule has 21 heavy (non-hydrogen) atoms. The van der Waals surface area contributed by atoms with Crippen molar-refractivity contribution in [3.8, 4) is 0 Å². The molecule has 0 unspecified atom stereocenters. The van der Waals surface area contributed by atoms with Gasteiger partial charge in [0.1, 0.15) is 0 Å². The van der Waals surface area contributed by atoms with Crippen LogP contribution in [0, 0.1) is 0 Å². The number of nitrogens with one attached hydrogen (secondary N) is 1. The number of aliphatic imine (C=N–C) groups is 1. The highest BCUT2D eigenvalue weighted by Crippen LogP contribution is 2.14. The van der Waals surface area contributed by atoms with E-state index in [1.54, 1.807) is 0 Å². The van der Waals surface area contributed by atoms with Crippen molar-refractivity contribution in [2.75, 3.05) is 13.1 Å². The van der Waals surface area contributed by atoms with Gasteiger partial charge in [-0.3, -0.25) is 4.79 Å². The average molecular weight is 288 g/mol. The van der Waals surface area contributed by atoms with Crippen LogP contribution in [0.25, 0.3) is 0 Å². The maximum absolute atomic E-state index is 11.6. The molecule has 5 nitrogen and oxygen atoms in total. The van der Waals surface area contributed by atoms with Crippen LogP contribution < -0.4 is 11.1 Å². The average Bonchev–Trinajstić information content (AvgIpc) is 2.89. The van der Waals surface area contributed by atoms with Gasteiger partial charge in [0.25, 0.3) is 0 Å². The lowest BCUT2D eigenvalue weighted by Crippen LogP contribution is -2.32. The zero-order valence-corrected chi connectivity index (χ0v) is 12.6. The molecule has 0 saturated carbocycles. The van der Waals surface area contributed by atoms with E-state index in [9.17, 15) is 4.79 Å². The van der Waals surface area contributed by atoms with E-state index in [2.05, 4.69) is 29.4 Å². The van der Waals surface area contributed by atoms with Crippen molar-refractivity contribution in [2.24, 2.45) is 10.7 Å². The van der Waals surface area contributed by atoms with Gasteiger partial charge < -0.3 is 16.0 Å². The van der Waals surface area contributed by atoms with Crippen molar-refractivity contribution in [3.05, 3.63) is 35.4 Å². The Morgan fingerprint density at radius 3 is 2.67 bits per heavy atom. The molecule has 1 aliphatic heterocycles. The van der Waals surface area contributed by atoms with E-state index in [4.69, 9.17) is 5.73 Å². The third kappa shape index (κ3) is 4.77. The molecule has 0 aliphatic carbocycles. The summed E-state index contributed by atoms with van der Waals surface area (Å²) in [6.07, 6.45) is 2.70. The smallest absolute Gasteiger partial charge is 0.222 e. The summed E-state index contributed by atoms with van der Waals surface area (Å²) >= 11 is 0. The number of nitrogens with zero attached hydrogens (tertiary/aromatic N) is 2. The SMILES string of the molecule is CCCNC(N)=NCc1ccc(CN2CCCC2=O)cc1. The third-order valence-electron chi connectivity index (χ3n) is 3.56. The molecular formula is C16H24N4O. The largest absolute Gasteiger partial charge is 0.370 e. The number of hydrogen-bond donors (Lipinski definition) is 2. The minimum atomic E-state index is 0.262. The fourth-order valence-corrected chi connectivity index (χ4v) is 2.33. The van der Waals surface area contributed by atoms with Crippen molar-refractivity contribution in [1.82, 2.24) is 10.2 Å². The van der Waals surface area contributed by atoms with Crippen LogP contribution in [0.15, 0.2) is 29.3 Å². The minimum absolute atomic E-state index is 0.262. The lowest BCUT2D eigenvalue weighted by Gasteiger charge is -2.15. The summed E-state index contributed by atoms with van der Waals surface area (Å²) in [5.41, 5.74) is 8.04. The quantitative estimate of drug-likeness (QED) is 0.617. The van der Waals surface area contributed by atoms with E-state index in [-0.39, 0.29) is 5.91 Å². The lowest BCUT2D eigenvalue weighted by atomic mass is 10.1. The number of guanidine groups is 1. The van der Waals surface area contributed by atoms with Crippen molar-refractivity contribution < 1.29 is 4.79 Å². The summed E-state index contributed by atoms with van der Waals surface area (Å²) in [7, 11) is 0. The predicted octanol–water partition coefficient (Wildman–Crippen LogP) is 1.62. The number of carbonyl (C=O) groups is 1. The summed E-state index contributed by atoms with van der Waals surface area (Å²) < 4.78 is 0. The number of benzene rings is 1. The standard InChI is InChI=1S/C16H24N4O/c1-2-9-18-16(17)19-11-13-5-7-14(8-6-13)12-20-10-3-4-15(20)21/h5-8H,2-4,9-12H2,1H3,(H3,17,18,19). The number of carbonyl (C=O) groups excluding carboxylic acids is 1. The van der Waals surface area contributed by atoms with Gasteiger partial charge in [-0.25, -0.2) is 4.99 Å². The van der Waals surface area contributed by atoms with Crippen LogP contribution in [0.4, 0.5) is 0 Å². The molecule has 1 amide bonds. The third-order valence-corrected chi connectivity index (χ3v) is 3.56. The maximum atomic E-state index is 11.6. The Kier molecular flexibility index (Phi) is 5.60. The second-order valence-electron chi connectivity index (χ2n) is 5.36. The molecule has 0 radical (unpaired) electrons. The number of rotatable bonds is 6. The zero-order chi connectivity index (χ0) is 15.1. The second-order valence-corrected chi connectivity index (χ2v) is 5.36. The van der Waals surface area contributed by atoms with Gasteiger partial charge in [0, 0.05) is 26.1 Å². The molecule has 1 aromatic carbocycles. The van der Waals surface area contributed by atoms with Crippen LogP contribution in [0.2, 0.25) is 0 Å². The first kappa shape index (κ1) is 15.4. The van der Waals surface area contributed by atoms with Crippen LogP contribution in [0.1, 0.15) is 37.3 Å². The van der Waals surface area contributed by atoms with Crippen molar-refractivity contribution in [1.29, 1.82) is 0 Å². The summed E-state index contributed by atoms with van der Waals surface area (Å²) in [6, 6.07) is 8.22. The van der Waals surface area contributed by atoms with Crippen LogP contribution in [0.5, 0.6) is 0 Å². The van der Waals surface area contributed by atoms with Crippen LogP contribution in [-0.2, 0) is 17.9 Å². The van der Waals surface area contributed by atoms with E-state index >= 15 is 0 Å². The molecule has 1 saturated heterocycles. The van der Waals surface area contributed by atoms with E-state index in [1.165, 1.54) is 0 Å². The molecule has 2 rings (SSSR count). The fraction of sp³-hybridized carbons (Fsp3) is 0.500. The zero-order valence-electron chi connectivity index (χ0n) is 12.6. The van der Waals surface area contributed by atoms with Gasteiger partial charge in [0.15, 0.2) is 5.96 Å². The summed E-state index contributed by atoms with van der Waals surface area (Å²) in [4.78, 5) is 17.8. The first-order valence-corrected chi connectivity index (χ1v) is 7.58. The van der Waals surface area contributed by atoms with Gasteiger partial charge in [-0.1, -0.05) is 31.2 Å². The molecule has 1 fully saturated rings. The molecule has 1 heterocycles. The van der Waals surface area contributed by atoms with Gasteiger partial charge >= 0.3 is 0 Å². The maximum Gasteiger partial charge on any atom is 0.222 e. The Morgan fingerprint density at radius 1 is 1.33 bits per heavy atom. The molecule has 0 spiro atoms. The summed E-state index contributed by atoms with van der Waals surface area (Å²) in [5.74, 6) is 0.752. The van der Waals surface area contributed by atoms with Crippen LogP contribution in [-0.4, -0.2) is 29.9 Å². The first-order valence-electron chi connectivity index (χ1n) is 7.58. The summed E-state index contributed by atoms with van der Waals surface area (Å²) in [6.45, 7) is 5.10. The number of hydrogen-bond acceptors (Lipinski definition) is 2. The van der Waals surface area contributed by atoms with Gasteiger partial charge in [-0.15, -0.1) is 0 Å². The van der Waals surface area contributed by atoms with E-state index < -0.39 is 0 Å². The number of likely N-dealkylation sites (tertiary alicyclic amines) is 1. The van der Waals surface area contributed by atoms with Gasteiger partial charge in [0.05, 0.1) is 6.54 Å². The monoisotopic (exact) mass is 288 g/mol. The van der Waals surface area contributed by atoms with Gasteiger partial charge in [0.2, 0.25) is 5.91 Å². The Morgan fingerprint density at radius 2 is 2.05 bits per heavy atom. The summed E-state index contributed by atoms with van der Waals surface area (Å²) in [5, 5.41) is 3.05. The lowest BCUT2D eigenvalue weighted by molar-refractivity contribution is -0.128. The Bertz CT molecular complexity index is 496. The molecule has 0 bridgehead atoms. The van der Waals surface area contributed by atoms with Crippen LogP contribution >= 0.6 is 0 Å².